The van der Waals surface area contributed by atoms with E-state index >= 15 is 0 Å². The Morgan fingerprint density at radius 1 is 1.13 bits per heavy atom. The number of amides is 1. The van der Waals surface area contributed by atoms with Gasteiger partial charge in [0.25, 0.3) is 0 Å². The van der Waals surface area contributed by atoms with Crippen LogP contribution in [0, 0.1) is 20.8 Å². The van der Waals surface area contributed by atoms with Crippen molar-refractivity contribution in [1.82, 2.24) is 5.32 Å². The van der Waals surface area contributed by atoms with Crippen molar-refractivity contribution in [2.45, 2.75) is 65.6 Å². The normalized spacial score (nSPS) is 18.5. The molecule has 2 aromatic carbocycles. The number of nitrogens with zero attached hydrogens (tertiary/aromatic N) is 1. The van der Waals surface area contributed by atoms with Crippen LogP contribution < -0.4 is 14.4 Å². The first kappa shape index (κ1) is 23.1. The third-order valence-corrected chi connectivity index (χ3v) is 6.86. The quantitative estimate of drug-likeness (QED) is 0.750. The van der Waals surface area contributed by atoms with Crippen LogP contribution in [0.5, 0.6) is 5.75 Å². The van der Waals surface area contributed by atoms with Gasteiger partial charge in [0.1, 0.15) is 17.4 Å². The number of benzene rings is 2. The SMILES string of the molecule is Cc1ccc2c(c1)OC(C)(C)C[C@H]2NC(=O)[C@H](C)N(c1cc(C)ccc1C)S(C)(=O)=O. The van der Waals surface area contributed by atoms with Gasteiger partial charge in [-0.05, 0) is 70.4 Å². The number of carbonyl (C=O) groups excluding carboxylic acids is 1. The van der Waals surface area contributed by atoms with Crippen LogP contribution in [0.3, 0.4) is 0 Å². The fourth-order valence-electron chi connectivity index (χ4n) is 4.12. The van der Waals surface area contributed by atoms with Gasteiger partial charge < -0.3 is 10.1 Å². The predicted octanol–water partition coefficient (Wildman–Crippen LogP) is 4.18. The van der Waals surface area contributed by atoms with E-state index in [1.54, 1.807) is 13.0 Å². The van der Waals surface area contributed by atoms with E-state index in [4.69, 9.17) is 4.74 Å². The summed E-state index contributed by atoms with van der Waals surface area (Å²) in [5, 5.41) is 3.08. The van der Waals surface area contributed by atoms with E-state index in [-0.39, 0.29) is 11.9 Å². The highest BCUT2D eigenvalue weighted by atomic mass is 32.2. The molecule has 0 radical (unpaired) electrons. The van der Waals surface area contributed by atoms with Crippen LogP contribution in [0.2, 0.25) is 0 Å². The number of hydrogen-bond donors (Lipinski definition) is 1. The molecule has 7 heteroatoms. The Morgan fingerprint density at radius 3 is 2.39 bits per heavy atom. The zero-order valence-electron chi connectivity index (χ0n) is 19.3. The Labute approximate surface area is 185 Å². The van der Waals surface area contributed by atoms with Crippen molar-refractivity contribution in [1.29, 1.82) is 0 Å². The molecule has 0 saturated heterocycles. The molecule has 168 valence electrons. The lowest BCUT2D eigenvalue weighted by atomic mass is 9.89. The number of fused-ring (bicyclic) bond motifs is 1. The predicted molar refractivity (Wildman–Crippen MR) is 124 cm³/mol. The van der Waals surface area contributed by atoms with Crippen LogP contribution in [0.1, 0.15) is 55.5 Å². The van der Waals surface area contributed by atoms with Crippen LogP contribution in [-0.4, -0.2) is 32.2 Å². The summed E-state index contributed by atoms with van der Waals surface area (Å²) in [6.07, 6.45) is 1.72. The number of nitrogens with one attached hydrogen (secondary N) is 1. The zero-order valence-corrected chi connectivity index (χ0v) is 20.1. The Balaban J connectivity index is 1.94. The average molecular weight is 445 g/mol. The van der Waals surface area contributed by atoms with Crippen molar-refractivity contribution in [2.75, 3.05) is 10.6 Å². The van der Waals surface area contributed by atoms with Crippen molar-refractivity contribution >= 4 is 21.6 Å². The molecule has 0 unspecified atom stereocenters. The lowest BCUT2D eigenvalue weighted by Crippen LogP contribution is -2.50. The van der Waals surface area contributed by atoms with E-state index in [2.05, 4.69) is 5.32 Å². The molecule has 1 aliphatic rings. The molecule has 0 fully saturated rings. The summed E-state index contributed by atoms with van der Waals surface area (Å²) < 4.78 is 32.7. The summed E-state index contributed by atoms with van der Waals surface area (Å²) in [5.74, 6) is 0.407. The van der Waals surface area contributed by atoms with Crippen molar-refractivity contribution < 1.29 is 17.9 Å². The Hall–Kier alpha value is -2.54. The van der Waals surface area contributed by atoms with E-state index in [1.165, 1.54) is 4.31 Å². The van der Waals surface area contributed by atoms with Gasteiger partial charge in [-0.25, -0.2) is 8.42 Å². The highest BCUT2D eigenvalue weighted by Gasteiger charge is 2.37. The molecule has 1 heterocycles. The standard InChI is InChI=1S/C24H32N2O4S/c1-15-8-10-17(3)21(12-15)26(31(7,28)29)18(4)23(27)25-20-14-24(5,6)30-22-13-16(2)9-11-19(20)22/h8-13,18,20H,14H2,1-7H3,(H,25,27)/t18-,20+/m0/s1. The topological polar surface area (TPSA) is 75.7 Å². The van der Waals surface area contributed by atoms with E-state index in [9.17, 15) is 13.2 Å². The molecule has 1 aliphatic heterocycles. The maximum absolute atomic E-state index is 13.3. The number of hydrogen-bond acceptors (Lipinski definition) is 4. The zero-order chi connectivity index (χ0) is 23.1. The minimum Gasteiger partial charge on any atom is -0.487 e. The third-order valence-electron chi connectivity index (χ3n) is 5.63. The van der Waals surface area contributed by atoms with Gasteiger partial charge in [-0.1, -0.05) is 24.3 Å². The van der Waals surface area contributed by atoms with Gasteiger partial charge in [0.15, 0.2) is 0 Å². The smallest absolute Gasteiger partial charge is 0.244 e. The number of carbonyl (C=O) groups is 1. The van der Waals surface area contributed by atoms with Crippen LogP contribution in [0.25, 0.3) is 0 Å². The monoisotopic (exact) mass is 444 g/mol. The van der Waals surface area contributed by atoms with Gasteiger partial charge >= 0.3 is 0 Å². The molecule has 0 aliphatic carbocycles. The maximum Gasteiger partial charge on any atom is 0.244 e. The molecule has 6 nitrogen and oxygen atoms in total. The summed E-state index contributed by atoms with van der Waals surface area (Å²) in [4.78, 5) is 13.3. The number of sulfonamides is 1. The summed E-state index contributed by atoms with van der Waals surface area (Å²) >= 11 is 0. The number of anilines is 1. The summed E-state index contributed by atoms with van der Waals surface area (Å²) in [6.45, 7) is 11.3. The van der Waals surface area contributed by atoms with Crippen molar-refractivity contribution in [2.24, 2.45) is 0 Å². The fourth-order valence-corrected chi connectivity index (χ4v) is 5.34. The van der Waals surface area contributed by atoms with E-state index in [1.807, 2.05) is 65.0 Å². The van der Waals surface area contributed by atoms with Gasteiger partial charge in [-0.3, -0.25) is 9.10 Å². The molecular weight excluding hydrogens is 412 g/mol. The molecule has 1 amide bonds. The number of ether oxygens (including phenoxy) is 1. The van der Waals surface area contributed by atoms with Crippen LogP contribution in [0.15, 0.2) is 36.4 Å². The summed E-state index contributed by atoms with van der Waals surface area (Å²) in [6, 6.07) is 10.3. The Morgan fingerprint density at radius 2 is 1.74 bits per heavy atom. The minimum atomic E-state index is -3.68. The second kappa shape index (κ2) is 8.19. The summed E-state index contributed by atoms with van der Waals surface area (Å²) in [7, 11) is -3.68. The molecule has 0 aromatic heterocycles. The van der Waals surface area contributed by atoms with E-state index in [0.29, 0.717) is 12.1 Å². The van der Waals surface area contributed by atoms with Gasteiger partial charge in [0.2, 0.25) is 15.9 Å². The van der Waals surface area contributed by atoms with Crippen molar-refractivity contribution in [3.63, 3.8) is 0 Å². The van der Waals surface area contributed by atoms with Crippen LogP contribution >= 0.6 is 0 Å². The molecule has 0 spiro atoms. The molecule has 2 atom stereocenters. The highest BCUT2D eigenvalue weighted by Crippen LogP contribution is 2.40. The second-order valence-electron chi connectivity index (χ2n) is 9.19. The molecule has 31 heavy (non-hydrogen) atoms. The third kappa shape index (κ3) is 5.03. The van der Waals surface area contributed by atoms with Gasteiger partial charge in [0, 0.05) is 12.0 Å². The molecule has 0 saturated carbocycles. The van der Waals surface area contributed by atoms with Crippen molar-refractivity contribution in [3.8, 4) is 5.75 Å². The van der Waals surface area contributed by atoms with Crippen LogP contribution in [-0.2, 0) is 14.8 Å². The highest BCUT2D eigenvalue weighted by molar-refractivity contribution is 7.92. The van der Waals surface area contributed by atoms with Gasteiger partial charge in [0.05, 0.1) is 18.0 Å². The average Bonchev–Trinajstić information content (AvgIpc) is 2.62. The lowest BCUT2D eigenvalue weighted by molar-refractivity contribution is -0.123. The van der Waals surface area contributed by atoms with Crippen LogP contribution in [0.4, 0.5) is 5.69 Å². The second-order valence-corrected chi connectivity index (χ2v) is 11.1. The largest absolute Gasteiger partial charge is 0.487 e. The molecular formula is C24H32N2O4S. The first-order valence-corrected chi connectivity index (χ1v) is 12.3. The van der Waals surface area contributed by atoms with E-state index < -0.39 is 21.7 Å². The first-order chi connectivity index (χ1) is 14.3. The number of rotatable bonds is 5. The molecule has 2 aromatic rings. The lowest BCUT2D eigenvalue weighted by Gasteiger charge is -2.39. The summed E-state index contributed by atoms with van der Waals surface area (Å²) in [5.41, 5.74) is 3.77. The maximum atomic E-state index is 13.3. The molecule has 1 N–H and O–H groups in total. The van der Waals surface area contributed by atoms with E-state index in [0.717, 1.165) is 34.3 Å². The molecule has 0 bridgehead atoms. The first-order valence-electron chi connectivity index (χ1n) is 10.4. The van der Waals surface area contributed by atoms with Gasteiger partial charge in [-0.2, -0.15) is 0 Å². The van der Waals surface area contributed by atoms with Crippen molar-refractivity contribution in [3.05, 3.63) is 58.7 Å². The Kier molecular flexibility index (Phi) is 6.11. The number of aryl methyl sites for hydroxylation is 3. The minimum absolute atomic E-state index is 0.269. The Bertz CT molecular complexity index is 1110. The fraction of sp³-hybridized carbons (Fsp3) is 0.458. The van der Waals surface area contributed by atoms with Gasteiger partial charge in [-0.15, -0.1) is 0 Å². The molecule has 3 rings (SSSR count).